The van der Waals surface area contributed by atoms with Crippen LogP contribution in [0.25, 0.3) is 27.1 Å². The maximum absolute atomic E-state index is 12.2. The Morgan fingerprint density at radius 1 is 0.727 bits per heavy atom. The van der Waals surface area contributed by atoms with E-state index in [-0.39, 0.29) is 5.78 Å². The van der Waals surface area contributed by atoms with Crippen molar-refractivity contribution in [3.8, 4) is 11.8 Å². The fraction of sp³-hybridized carbons (Fsp3) is 0.300. The second kappa shape index (κ2) is 20.9. The molecule has 1 aliphatic carbocycles. The molecule has 0 fully saturated rings. The summed E-state index contributed by atoms with van der Waals surface area (Å²) in [6.07, 6.45) is 13.7. The van der Waals surface area contributed by atoms with E-state index in [4.69, 9.17) is 0 Å². The summed E-state index contributed by atoms with van der Waals surface area (Å²) < 4.78 is 2.21. The number of nitrogens with one attached hydrogen (secondary N) is 2. The molecule has 0 bridgehead atoms. The summed E-state index contributed by atoms with van der Waals surface area (Å²) in [6.45, 7) is 23.2. The van der Waals surface area contributed by atoms with E-state index in [9.17, 15) is 4.79 Å². The van der Waals surface area contributed by atoms with Gasteiger partial charge in [-0.1, -0.05) is 106 Å². The number of carbonyl (C=O) groups excluding carboxylic acids is 1. The fourth-order valence-corrected chi connectivity index (χ4v) is 12.5. The molecule has 0 amide bonds. The number of ketones is 1. The van der Waals surface area contributed by atoms with Gasteiger partial charge < -0.3 is 15.5 Å². The molecule has 2 N–H and O–H groups in total. The lowest BCUT2D eigenvalue weighted by atomic mass is 9.88. The standard InChI is InChI=1S/C60H69N4OSi/c1-41(2)43(5)62-36-18-35-61-40-56-51-21-17-16-20-49(51)50(19-14-12-13-15-22-57(65)42(3)4)55-37-45(27-32-52(55)56)24-23-44-25-28-46(29-26-44)60-53-33-30-47(63(6)7)38-58(53)66(10,11)59-39-48(64(8)9)31-34-54(59)60/h16-17,20-21,25-34,37-39,61-62H,1,3,5,12-15,18-19,22,35-36,40H2,2,4,6-11H3/q+1. The van der Waals surface area contributed by atoms with Crippen LogP contribution in [0.2, 0.25) is 13.1 Å². The molecular weight excluding hydrogens is 821 g/mol. The van der Waals surface area contributed by atoms with Crippen LogP contribution in [0.4, 0.5) is 5.69 Å². The normalized spacial score (nSPS) is 13.7. The Morgan fingerprint density at radius 2 is 1.41 bits per heavy atom. The summed E-state index contributed by atoms with van der Waals surface area (Å²) in [5, 5.41) is 15.3. The first kappa shape index (κ1) is 47.7. The summed E-state index contributed by atoms with van der Waals surface area (Å²) in [4.78, 5) is 14.4. The predicted octanol–water partition coefficient (Wildman–Crippen LogP) is 11.7. The van der Waals surface area contributed by atoms with Gasteiger partial charge in [0.25, 0.3) is 0 Å². The van der Waals surface area contributed by atoms with Gasteiger partial charge in [-0.2, -0.15) is 0 Å². The van der Waals surface area contributed by atoms with Crippen molar-refractivity contribution in [2.45, 2.75) is 78.4 Å². The number of carbonyl (C=O) groups is 1. The Balaban J connectivity index is 1.20. The third-order valence-electron chi connectivity index (χ3n) is 13.4. The van der Waals surface area contributed by atoms with E-state index in [0.29, 0.717) is 12.0 Å². The number of anilines is 1. The molecule has 5 aromatic carbocycles. The van der Waals surface area contributed by atoms with E-state index in [2.05, 4.69) is 196 Å². The third kappa shape index (κ3) is 10.5. The zero-order chi connectivity index (χ0) is 47.1. The molecule has 7 rings (SSSR count). The van der Waals surface area contributed by atoms with Crippen molar-refractivity contribution in [3.05, 3.63) is 184 Å². The molecule has 5 aromatic rings. The van der Waals surface area contributed by atoms with Gasteiger partial charge in [-0.05, 0) is 165 Å². The lowest BCUT2D eigenvalue weighted by Crippen LogP contribution is -2.49. The Kier molecular flexibility index (Phi) is 15.1. The van der Waals surface area contributed by atoms with Crippen LogP contribution in [-0.4, -0.2) is 65.4 Å². The average Bonchev–Trinajstić information content (AvgIpc) is 3.30. The summed E-state index contributed by atoms with van der Waals surface area (Å²) >= 11 is 0. The van der Waals surface area contributed by atoms with E-state index in [0.717, 1.165) is 80.6 Å². The molecule has 0 aromatic heterocycles. The number of Topliss-reactive ketones (excluding diaryl/α,β-unsaturated/α-hetero) is 1. The maximum Gasteiger partial charge on any atom is 0.199 e. The Labute approximate surface area is 396 Å². The van der Waals surface area contributed by atoms with Gasteiger partial charge >= 0.3 is 0 Å². The minimum atomic E-state index is -2.03. The molecule has 0 atom stereocenters. The van der Waals surface area contributed by atoms with Gasteiger partial charge in [0.2, 0.25) is 0 Å². The van der Waals surface area contributed by atoms with Crippen LogP contribution in [0, 0.1) is 11.8 Å². The molecule has 2 aliphatic rings. The van der Waals surface area contributed by atoms with Crippen molar-refractivity contribution < 1.29 is 9.37 Å². The first-order valence-corrected chi connectivity index (χ1v) is 26.7. The van der Waals surface area contributed by atoms with Crippen LogP contribution in [0.15, 0.2) is 151 Å². The summed E-state index contributed by atoms with van der Waals surface area (Å²) in [5.41, 5.74) is 14.9. The van der Waals surface area contributed by atoms with Crippen molar-refractivity contribution in [3.63, 3.8) is 0 Å². The molecular formula is C60H69N4OSi+. The number of benzene rings is 5. The minimum Gasteiger partial charge on any atom is -0.385 e. The molecule has 0 radical (unpaired) electrons. The van der Waals surface area contributed by atoms with E-state index in [1.54, 1.807) is 0 Å². The number of hydrogen-bond acceptors (Lipinski definition) is 4. The molecule has 1 heterocycles. The largest absolute Gasteiger partial charge is 0.385 e. The van der Waals surface area contributed by atoms with Gasteiger partial charge in [-0.25, -0.2) is 4.58 Å². The Hall–Kier alpha value is -6.26. The first-order valence-electron chi connectivity index (χ1n) is 23.7. The van der Waals surface area contributed by atoms with Gasteiger partial charge in [0.05, 0.1) is 0 Å². The second-order valence-corrected chi connectivity index (χ2v) is 23.5. The molecule has 338 valence electrons. The van der Waals surface area contributed by atoms with E-state index in [1.165, 1.54) is 76.7 Å². The Morgan fingerprint density at radius 3 is 2.11 bits per heavy atom. The van der Waals surface area contributed by atoms with Crippen molar-refractivity contribution >= 4 is 57.6 Å². The van der Waals surface area contributed by atoms with Gasteiger partial charge in [0.15, 0.2) is 11.5 Å². The van der Waals surface area contributed by atoms with Gasteiger partial charge in [-0.15, -0.1) is 0 Å². The molecule has 0 saturated heterocycles. The van der Waals surface area contributed by atoms with Crippen LogP contribution in [0.3, 0.4) is 0 Å². The SMILES string of the molecule is C=C(C)C(=C)NCCCNCc1c2ccccc2c(CCCCCCC(=O)C(=C)C)c2cc(C#Cc3ccc(C4=C5C=CC(=[N+](C)C)C=C5[Si](C)(C)c5cc(N(C)C)ccc54)cc3)ccc12. The molecule has 66 heavy (non-hydrogen) atoms. The molecule has 0 saturated carbocycles. The zero-order valence-electron chi connectivity index (χ0n) is 40.8. The quantitative estimate of drug-likeness (QED) is 0.0175. The number of nitrogens with zero attached hydrogens (tertiary/aromatic N) is 2. The molecule has 0 unspecified atom stereocenters. The van der Waals surface area contributed by atoms with E-state index in [1.807, 2.05) is 13.8 Å². The summed E-state index contributed by atoms with van der Waals surface area (Å²) in [5.74, 6) is 7.30. The maximum atomic E-state index is 12.2. The predicted molar refractivity (Wildman–Crippen MR) is 287 cm³/mol. The molecule has 0 spiro atoms. The van der Waals surface area contributed by atoms with Gasteiger partial charge in [0.1, 0.15) is 22.2 Å². The lowest BCUT2D eigenvalue weighted by molar-refractivity contribution is -0.462. The van der Waals surface area contributed by atoms with Crippen LogP contribution >= 0.6 is 0 Å². The minimum absolute atomic E-state index is 0.178. The highest BCUT2D eigenvalue weighted by atomic mass is 28.3. The number of aryl methyl sites for hydroxylation is 1. The Bertz CT molecular complexity index is 2920. The highest BCUT2D eigenvalue weighted by Gasteiger charge is 2.40. The van der Waals surface area contributed by atoms with E-state index < -0.39 is 8.07 Å². The monoisotopic (exact) mass is 890 g/mol. The van der Waals surface area contributed by atoms with Crippen molar-refractivity contribution in [2.24, 2.45) is 0 Å². The first-order chi connectivity index (χ1) is 31.6. The summed E-state index contributed by atoms with van der Waals surface area (Å²) in [6, 6.07) is 31.6. The lowest BCUT2D eigenvalue weighted by Gasteiger charge is -2.38. The van der Waals surface area contributed by atoms with Crippen LogP contribution in [0.1, 0.15) is 85.8 Å². The highest BCUT2D eigenvalue weighted by molar-refractivity contribution is 6.98. The van der Waals surface area contributed by atoms with E-state index >= 15 is 0 Å². The highest BCUT2D eigenvalue weighted by Crippen LogP contribution is 2.42. The molecule has 1 aliphatic heterocycles. The van der Waals surface area contributed by atoms with Gasteiger partial charge in [0, 0.05) is 68.3 Å². The van der Waals surface area contributed by atoms with Crippen molar-refractivity contribution in [2.75, 3.05) is 46.2 Å². The number of fused-ring (bicyclic) bond motifs is 4. The zero-order valence-corrected chi connectivity index (χ0v) is 41.8. The van der Waals surface area contributed by atoms with Crippen molar-refractivity contribution in [1.82, 2.24) is 10.6 Å². The van der Waals surface area contributed by atoms with Crippen LogP contribution in [-0.2, 0) is 17.8 Å². The smallest absolute Gasteiger partial charge is 0.199 e. The average molecular weight is 890 g/mol. The van der Waals surface area contributed by atoms with Gasteiger partial charge in [-0.3, -0.25) is 4.79 Å². The molecule has 5 nitrogen and oxygen atoms in total. The number of unbranched alkanes of at least 4 members (excludes halogenated alkanes) is 3. The fourth-order valence-electron chi connectivity index (χ4n) is 9.42. The topological polar surface area (TPSA) is 47.4 Å². The third-order valence-corrected chi connectivity index (χ3v) is 17.0. The van der Waals surface area contributed by atoms with Crippen LogP contribution < -0.4 is 20.7 Å². The van der Waals surface area contributed by atoms with Crippen molar-refractivity contribution in [1.29, 1.82) is 0 Å². The van der Waals surface area contributed by atoms with Crippen LogP contribution in [0.5, 0.6) is 0 Å². The number of rotatable bonds is 18. The number of hydrogen-bond donors (Lipinski definition) is 2. The number of allylic oxidation sites excluding steroid dienone is 7. The summed E-state index contributed by atoms with van der Waals surface area (Å²) in [7, 11) is 6.49. The molecule has 6 heteroatoms. The second-order valence-electron chi connectivity index (χ2n) is 19.2.